The van der Waals surface area contributed by atoms with E-state index in [1.54, 1.807) is 0 Å². The van der Waals surface area contributed by atoms with Gasteiger partial charge in [-0.3, -0.25) is 14.3 Å². The summed E-state index contributed by atoms with van der Waals surface area (Å²) in [6, 6.07) is 4.33. The lowest BCUT2D eigenvalue weighted by Crippen LogP contribution is -2.45. The Morgan fingerprint density at radius 2 is 1.89 bits per heavy atom. The zero-order valence-electron chi connectivity index (χ0n) is 15.2. The molecule has 0 bridgehead atoms. The second-order valence-electron chi connectivity index (χ2n) is 7.26. The van der Waals surface area contributed by atoms with Gasteiger partial charge < -0.3 is 10.2 Å². The summed E-state index contributed by atoms with van der Waals surface area (Å²) < 4.78 is 39.9. The lowest BCUT2D eigenvalue weighted by atomic mass is 9.93. The Morgan fingerprint density at radius 1 is 1.21 bits per heavy atom. The van der Waals surface area contributed by atoms with Crippen molar-refractivity contribution < 1.29 is 22.8 Å². The first-order valence-corrected chi connectivity index (χ1v) is 9.13. The SMILES string of the molecule is C[C@H]1CN(c2ccc(C(F)(F)F)cc2)C(=O)c2c(C(=O)NC3CCC3)cnn21. The van der Waals surface area contributed by atoms with Crippen LogP contribution in [0.25, 0.3) is 0 Å². The number of carbonyl (C=O) groups excluding carboxylic acids is 2. The molecule has 2 aromatic rings. The monoisotopic (exact) mass is 392 g/mol. The van der Waals surface area contributed by atoms with Crippen molar-refractivity contribution in [1.29, 1.82) is 0 Å². The van der Waals surface area contributed by atoms with E-state index < -0.39 is 17.6 Å². The summed E-state index contributed by atoms with van der Waals surface area (Å²) in [7, 11) is 0. The number of rotatable bonds is 3. The third kappa shape index (κ3) is 3.14. The fourth-order valence-corrected chi connectivity index (χ4v) is 3.50. The number of halogens is 3. The van der Waals surface area contributed by atoms with Crippen LogP contribution in [0.3, 0.4) is 0 Å². The predicted molar refractivity (Wildman–Crippen MR) is 95.2 cm³/mol. The number of alkyl halides is 3. The third-order valence-electron chi connectivity index (χ3n) is 5.30. The number of hydrogen-bond acceptors (Lipinski definition) is 3. The first-order chi connectivity index (χ1) is 13.3. The summed E-state index contributed by atoms with van der Waals surface area (Å²) in [5.41, 5.74) is -0.0714. The van der Waals surface area contributed by atoms with Gasteiger partial charge in [0, 0.05) is 18.3 Å². The Balaban J connectivity index is 1.63. The van der Waals surface area contributed by atoms with Crippen LogP contribution in [0.4, 0.5) is 18.9 Å². The zero-order chi connectivity index (χ0) is 20.1. The fourth-order valence-electron chi connectivity index (χ4n) is 3.50. The molecular formula is C19H19F3N4O2. The van der Waals surface area contributed by atoms with Crippen molar-refractivity contribution >= 4 is 17.5 Å². The standard InChI is InChI=1S/C19H19F3N4O2/c1-11-10-25(14-7-5-12(6-8-14)19(20,21)22)18(28)16-15(9-23-26(11)16)17(27)24-13-3-2-4-13/h5-9,11,13H,2-4,10H2,1H3,(H,24,27)/t11-/m0/s1. The first-order valence-electron chi connectivity index (χ1n) is 9.13. The van der Waals surface area contributed by atoms with Gasteiger partial charge >= 0.3 is 6.18 Å². The summed E-state index contributed by atoms with van der Waals surface area (Å²) >= 11 is 0. The molecular weight excluding hydrogens is 373 g/mol. The Bertz CT molecular complexity index is 916. The van der Waals surface area contributed by atoms with Crippen LogP contribution in [0.1, 0.15) is 58.6 Å². The van der Waals surface area contributed by atoms with Crippen LogP contribution in [-0.4, -0.2) is 34.2 Å². The quantitative estimate of drug-likeness (QED) is 0.871. The number of hydrogen-bond donors (Lipinski definition) is 1. The van der Waals surface area contributed by atoms with E-state index in [9.17, 15) is 22.8 Å². The molecule has 2 heterocycles. The highest BCUT2D eigenvalue weighted by atomic mass is 19.4. The fraction of sp³-hybridized carbons (Fsp3) is 0.421. The second-order valence-corrected chi connectivity index (χ2v) is 7.26. The predicted octanol–water partition coefficient (Wildman–Crippen LogP) is 3.41. The van der Waals surface area contributed by atoms with E-state index in [4.69, 9.17) is 0 Å². The van der Waals surface area contributed by atoms with Crippen LogP contribution in [0, 0.1) is 0 Å². The Morgan fingerprint density at radius 3 is 2.46 bits per heavy atom. The van der Waals surface area contributed by atoms with Crippen molar-refractivity contribution in [2.45, 2.75) is 44.4 Å². The van der Waals surface area contributed by atoms with Crippen molar-refractivity contribution in [3.63, 3.8) is 0 Å². The van der Waals surface area contributed by atoms with Crippen LogP contribution in [0.15, 0.2) is 30.5 Å². The largest absolute Gasteiger partial charge is 0.416 e. The highest BCUT2D eigenvalue weighted by Crippen LogP contribution is 2.33. The highest BCUT2D eigenvalue weighted by Gasteiger charge is 2.36. The molecule has 1 aliphatic heterocycles. The van der Waals surface area contributed by atoms with Gasteiger partial charge in [0.2, 0.25) is 0 Å². The molecule has 4 rings (SSSR count). The molecule has 1 aliphatic carbocycles. The molecule has 0 spiro atoms. The molecule has 1 aromatic heterocycles. The van der Waals surface area contributed by atoms with Crippen molar-refractivity contribution in [2.24, 2.45) is 0 Å². The van der Waals surface area contributed by atoms with Gasteiger partial charge in [-0.05, 0) is 50.5 Å². The molecule has 2 amide bonds. The van der Waals surface area contributed by atoms with E-state index in [0.29, 0.717) is 5.69 Å². The maximum atomic E-state index is 13.1. The van der Waals surface area contributed by atoms with E-state index in [0.717, 1.165) is 31.4 Å². The summed E-state index contributed by atoms with van der Waals surface area (Å²) in [4.78, 5) is 27.0. The van der Waals surface area contributed by atoms with Crippen molar-refractivity contribution in [3.05, 3.63) is 47.3 Å². The van der Waals surface area contributed by atoms with Crippen LogP contribution < -0.4 is 10.2 Å². The summed E-state index contributed by atoms with van der Waals surface area (Å²) in [6.07, 6.45) is -0.166. The van der Waals surface area contributed by atoms with Gasteiger partial charge in [-0.15, -0.1) is 0 Å². The minimum atomic E-state index is -4.44. The van der Waals surface area contributed by atoms with Crippen molar-refractivity contribution in [3.8, 4) is 0 Å². The molecule has 1 N–H and O–H groups in total. The molecule has 148 valence electrons. The molecule has 0 saturated heterocycles. The molecule has 2 aliphatic rings. The van der Waals surface area contributed by atoms with E-state index in [-0.39, 0.29) is 35.8 Å². The minimum Gasteiger partial charge on any atom is -0.349 e. The summed E-state index contributed by atoms with van der Waals surface area (Å²) in [5, 5.41) is 7.09. The summed E-state index contributed by atoms with van der Waals surface area (Å²) in [6.45, 7) is 2.09. The van der Waals surface area contributed by atoms with E-state index >= 15 is 0 Å². The van der Waals surface area contributed by atoms with E-state index in [1.165, 1.54) is 27.9 Å². The van der Waals surface area contributed by atoms with Gasteiger partial charge in [-0.25, -0.2) is 0 Å². The number of fused-ring (bicyclic) bond motifs is 1. The molecule has 28 heavy (non-hydrogen) atoms. The van der Waals surface area contributed by atoms with E-state index in [1.807, 2.05) is 6.92 Å². The number of carbonyl (C=O) groups is 2. The van der Waals surface area contributed by atoms with Crippen LogP contribution in [0.2, 0.25) is 0 Å². The van der Waals surface area contributed by atoms with Gasteiger partial charge in [-0.1, -0.05) is 0 Å². The Labute approximate surface area is 159 Å². The second kappa shape index (κ2) is 6.65. The van der Waals surface area contributed by atoms with Crippen molar-refractivity contribution in [2.75, 3.05) is 11.4 Å². The van der Waals surface area contributed by atoms with Crippen molar-refractivity contribution in [1.82, 2.24) is 15.1 Å². The van der Waals surface area contributed by atoms with E-state index in [2.05, 4.69) is 10.4 Å². The Hall–Kier alpha value is -2.84. The smallest absolute Gasteiger partial charge is 0.349 e. The normalized spacial score (nSPS) is 19.9. The van der Waals surface area contributed by atoms with Gasteiger partial charge in [0.05, 0.1) is 23.4 Å². The van der Waals surface area contributed by atoms with Gasteiger partial charge in [0.25, 0.3) is 11.8 Å². The Kier molecular flexibility index (Phi) is 4.40. The summed E-state index contributed by atoms with van der Waals surface area (Å²) in [5.74, 6) is -0.796. The number of nitrogens with one attached hydrogen (secondary N) is 1. The van der Waals surface area contributed by atoms with Crippen LogP contribution in [-0.2, 0) is 6.18 Å². The molecule has 1 aromatic carbocycles. The maximum absolute atomic E-state index is 13.1. The van der Waals surface area contributed by atoms with Crippen LogP contribution >= 0.6 is 0 Å². The van der Waals surface area contributed by atoms with Crippen LogP contribution in [0.5, 0.6) is 0 Å². The number of nitrogens with zero attached hydrogens (tertiary/aromatic N) is 3. The molecule has 6 nitrogen and oxygen atoms in total. The number of anilines is 1. The molecule has 1 atom stereocenters. The topological polar surface area (TPSA) is 67.2 Å². The first kappa shape index (κ1) is 18.5. The van der Waals surface area contributed by atoms with Gasteiger partial charge in [-0.2, -0.15) is 18.3 Å². The lowest BCUT2D eigenvalue weighted by Gasteiger charge is -2.32. The molecule has 9 heteroatoms. The molecule has 0 unspecified atom stereocenters. The molecule has 1 saturated carbocycles. The number of aromatic nitrogens is 2. The van der Waals surface area contributed by atoms with Gasteiger partial charge in [0.1, 0.15) is 5.69 Å². The van der Waals surface area contributed by atoms with Gasteiger partial charge in [0.15, 0.2) is 0 Å². The average molecular weight is 392 g/mol. The zero-order valence-corrected chi connectivity index (χ0v) is 15.2. The third-order valence-corrected chi connectivity index (χ3v) is 5.30. The maximum Gasteiger partial charge on any atom is 0.416 e. The average Bonchev–Trinajstić information content (AvgIpc) is 3.06. The minimum absolute atomic E-state index is 0.116. The molecule has 0 radical (unpaired) electrons. The number of benzene rings is 1. The lowest BCUT2D eigenvalue weighted by molar-refractivity contribution is -0.137. The number of amides is 2. The molecule has 1 fully saturated rings. The highest BCUT2D eigenvalue weighted by molar-refractivity contribution is 6.12.